The van der Waals surface area contributed by atoms with Crippen molar-refractivity contribution in [3.8, 4) is 0 Å². The molecule has 1 heterocycles. The van der Waals surface area contributed by atoms with Crippen LogP contribution in [0.25, 0.3) is 0 Å². The number of ether oxygens (including phenoxy) is 1. The van der Waals surface area contributed by atoms with Gasteiger partial charge in [-0.2, -0.15) is 5.10 Å². The van der Waals surface area contributed by atoms with Gasteiger partial charge in [-0.1, -0.05) is 0 Å². The summed E-state index contributed by atoms with van der Waals surface area (Å²) in [5.74, 6) is 0.484. The predicted molar refractivity (Wildman–Crippen MR) is 77.9 cm³/mol. The molecule has 0 aliphatic heterocycles. The van der Waals surface area contributed by atoms with E-state index in [-0.39, 0.29) is 29.5 Å². The lowest BCUT2D eigenvalue weighted by Gasteiger charge is -2.16. The van der Waals surface area contributed by atoms with Gasteiger partial charge < -0.3 is 15.2 Å². The fourth-order valence-corrected chi connectivity index (χ4v) is 2.79. The Bertz CT molecular complexity index is 581. The first kappa shape index (κ1) is 14.7. The van der Waals surface area contributed by atoms with E-state index in [4.69, 9.17) is 9.84 Å². The SMILES string of the molecule is CC1(NC(=O)O[C@@H]2CC[C@H](c3cc(NC(=O)O)n[nH]3)C2)CC1. The third-order valence-corrected chi connectivity index (χ3v) is 4.33. The molecule has 0 unspecified atom stereocenters. The number of rotatable bonds is 4. The lowest BCUT2D eigenvalue weighted by molar-refractivity contribution is 0.0967. The number of alkyl carbamates (subject to hydrolysis) is 1. The third-order valence-electron chi connectivity index (χ3n) is 4.33. The molecule has 22 heavy (non-hydrogen) atoms. The van der Waals surface area contributed by atoms with E-state index in [1.807, 2.05) is 6.92 Å². The zero-order valence-corrected chi connectivity index (χ0v) is 12.4. The maximum atomic E-state index is 11.8. The largest absolute Gasteiger partial charge is 0.465 e. The van der Waals surface area contributed by atoms with E-state index in [0.29, 0.717) is 0 Å². The Balaban J connectivity index is 1.50. The van der Waals surface area contributed by atoms with Crippen molar-refractivity contribution in [2.45, 2.75) is 56.6 Å². The average molecular weight is 308 g/mol. The topological polar surface area (TPSA) is 116 Å². The molecule has 8 heteroatoms. The molecule has 0 radical (unpaired) electrons. The Hall–Kier alpha value is -2.25. The number of aromatic amines is 1. The molecule has 0 spiro atoms. The van der Waals surface area contributed by atoms with Crippen molar-refractivity contribution in [1.29, 1.82) is 0 Å². The summed E-state index contributed by atoms with van der Waals surface area (Å²) in [6.45, 7) is 2.01. The van der Waals surface area contributed by atoms with Crippen LogP contribution >= 0.6 is 0 Å². The van der Waals surface area contributed by atoms with Crippen LogP contribution in [0.3, 0.4) is 0 Å². The molecule has 4 N–H and O–H groups in total. The number of carbonyl (C=O) groups excluding carboxylic acids is 1. The fourth-order valence-electron chi connectivity index (χ4n) is 2.79. The molecule has 2 amide bonds. The van der Waals surface area contributed by atoms with Gasteiger partial charge in [0, 0.05) is 23.2 Å². The maximum Gasteiger partial charge on any atom is 0.410 e. The van der Waals surface area contributed by atoms with E-state index in [1.54, 1.807) is 6.07 Å². The number of anilines is 1. The Morgan fingerprint density at radius 1 is 1.45 bits per heavy atom. The summed E-state index contributed by atoms with van der Waals surface area (Å²) < 4.78 is 5.46. The minimum Gasteiger partial charge on any atom is -0.465 e. The summed E-state index contributed by atoms with van der Waals surface area (Å²) in [5, 5.41) is 20.5. The first-order chi connectivity index (χ1) is 10.4. The Morgan fingerprint density at radius 3 is 2.91 bits per heavy atom. The molecule has 3 rings (SSSR count). The second kappa shape index (κ2) is 5.51. The maximum absolute atomic E-state index is 11.8. The highest BCUT2D eigenvalue weighted by Crippen LogP contribution is 2.37. The second-order valence-corrected chi connectivity index (χ2v) is 6.36. The van der Waals surface area contributed by atoms with E-state index in [2.05, 4.69) is 20.8 Å². The van der Waals surface area contributed by atoms with Crippen LogP contribution in [0, 0.1) is 0 Å². The smallest absolute Gasteiger partial charge is 0.410 e. The summed E-state index contributed by atoms with van der Waals surface area (Å²) in [7, 11) is 0. The first-order valence-electron chi connectivity index (χ1n) is 7.48. The molecular formula is C14H20N4O4. The standard InChI is InChI=1S/C14H20N4O4/c1-14(4-5-14)16-13(21)22-9-3-2-8(6-9)10-7-11(18-17-10)15-12(19)20/h7-9H,2-6H2,1H3,(H,16,21)(H,19,20)(H2,15,17,18)/t8-,9+/m0/s1. The van der Waals surface area contributed by atoms with Crippen LogP contribution in [0.4, 0.5) is 15.4 Å². The van der Waals surface area contributed by atoms with Crippen LogP contribution in [0.5, 0.6) is 0 Å². The molecule has 0 bridgehead atoms. The van der Waals surface area contributed by atoms with Crippen molar-refractivity contribution in [3.63, 3.8) is 0 Å². The van der Waals surface area contributed by atoms with Gasteiger partial charge in [-0.3, -0.25) is 10.4 Å². The Morgan fingerprint density at radius 2 is 2.23 bits per heavy atom. The fraction of sp³-hybridized carbons (Fsp3) is 0.643. The quantitative estimate of drug-likeness (QED) is 0.681. The number of aromatic nitrogens is 2. The minimum atomic E-state index is -1.14. The zero-order chi connectivity index (χ0) is 15.7. The second-order valence-electron chi connectivity index (χ2n) is 6.36. The summed E-state index contributed by atoms with van der Waals surface area (Å²) in [6, 6.07) is 1.69. The van der Waals surface area contributed by atoms with Gasteiger partial charge in [-0.05, 0) is 39.0 Å². The van der Waals surface area contributed by atoms with Crippen LogP contribution in [0.15, 0.2) is 6.07 Å². The van der Waals surface area contributed by atoms with E-state index >= 15 is 0 Å². The molecule has 2 saturated carbocycles. The van der Waals surface area contributed by atoms with Crippen molar-refractivity contribution >= 4 is 18.0 Å². The molecule has 1 aromatic rings. The van der Waals surface area contributed by atoms with Gasteiger partial charge in [-0.15, -0.1) is 0 Å². The van der Waals surface area contributed by atoms with Crippen LogP contribution in [-0.4, -0.2) is 39.1 Å². The normalized spacial score (nSPS) is 25.5. The average Bonchev–Trinajstić information content (AvgIpc) is 2.86. The molecular weight excluding hydrogens is 288 g/mol. The summed E-state index contributed by atoms with van der Waals surface area (Å²) in [5.41, 5.74) is 0.792. The number of nitrogens with one attached hydrogen (secondary N) is 3. The highest BCUT2D eigenvalue weighted by molar-refractivity contribution is 5.81. The molecule has 0 saturated heterocycles. The number of hydrogen-bond acceptors (Lipinski definition) is 4. The van der Waals surface area contributed by atoms with Crippen molar-refractivity contribution in [1.82, 2.24) is 15.5 Å². The van der Waals surface area contributed by atoms with Crippen LogP contribution in [-0.2, 0) is 4.74 Å². The number of amides is 2. The molecule has 2 fully saturated rings. The lowest BCUT2D eigenvalue weighted by atomic mass is 10.0. The summed E-state index contributed by atoms with van der Waals surface area (Å²) in [4.78, 5) is 22.4. The minimum absolute atomic E-state index is 0.0735. The Labute approximate surface area is 127 Å². The molecule has 8 nitrogen and oxygen atoms in total. The monoisotopic (exact) mass is 308 g/mol. The first-order valence-corrected chi connectivity index (χ1v) is 7.48. The van der Waals surface area contributed by atoms with Crippen molar-refractivity contribution in [2.75, 3.05) is 5.32 Å². The van der Waals surface area contributed by atoms with Gasteiger partial charge in [0.2, 0.25) is 0 Å². The molecule has 1 aromatic heterocycles. The molecule has 0 aromatic carbocycles. The molecule has 2 atom stereocenters. The third kappa shape index (κ3) is 3.49. The van der Waals surface area contributed by atoms with Crippen molar-refractivity contribution < 1.29 is 19.4 Å². The van der Waals surface area contributed by atoms with E-state index in [9.17, 15) is 9.59 Å². The van der Waals surface area contributed by atoms with E-state index in [1.165, 1.54) is 0 Å². The van der Waals surface area contributed by atoms with Crippen LogP contribution < -0.4 is 10.6 Å². The highest BCUT2D eigenvalue weighted by Gasteiger charge is 2.40. The van der Waals surface area contributed by atoms with Gasteiger partial charge in [0.05, 0.1) is 0 Å². The zero-order valence-electron chi connectivity index (χ0n) is 12.4. The van der Waals surface area contributed by atoms with Crippen molar-refractivity contribution in [2.24, 2.45) is 0 Å². The lowest BCUT2D eigenvalue weighted by Crippen LogP contribution is -2.36. The summed E-state index contributed by atoms with van der Waals surface area (Å²) in [6.07, 6.45) is 2.82. The number of nitrogens with zero attached hydrogens (tertiary/aromatic N) is 1. The number of H-pyrrole nitrogens is 1. The predicted octanol–water partition coefficient (Wildman–Crippen LogP) is 2.41. The van der Waals surface area contributed by atoms with Gasteiger partial charge >= 0.3 is 12.2 Å². The van der Waals surface area contributed by atoms with Crippen LogP contribution in [0.2, 0.25) is 0 Å². The van der Waals surface area contributed by atoms with E-state index < -0.39 is 6.09 Å². The number of hydrogen-bond donors (Lipinski definition) is 4. The van der Waals surface area contributed by atoms with Crippen LogP contribution in [0.1, 0.15) is 50.6 Å². The van der Waals surface area contributed by atoms with Crippen molar-refractivity contribution in [3.05, 3.63) is 11.8 Å². The number of carbonyl (C=O) groups is 2. The summed E-state index contributed by atoms with van der Waals surface area (Å²) >= 11 is 0. The molecule has 2 aliphatic carbocycles. The van der Waals surface area contributed by atoms with Gasteiger partial charge in [0.25, 0.3) is 0 Å². The Kier molecular flexibility index (Phi) is 3.67. The molecule has 2 aliphatic rings. The van der Waals surface area contributed by atoms with Gasteiger partial charge in [-0.25, -0.2) is 9.59 Å². The van der Waals surface area contributed by atoms with Gasteiger partial charge in [0.15, 0.2) is 5.82 Å². The molecule has 120 valence electrons. The highest BCUT2D eigenvalue weighted by atomic mass is 16.6. The van der Waals surface area contributed by atoms with Gasteiger partial charge in [0.1, 0.15) is 6.10 Å². The number of carboxylic acid groups (broad SMARTS) is 1. The van der Waals surface area contributed by atoms with E-state index in [0.717, 1.165) is 37.8 Å².